The van der Waals surface area contributed by atoms with Crippen LogP contribution in [0, 0.1) is 5.82 Å². The van der Waals surface area contributed by atoms with Gasteiger partial charge in [-0.3, -0.25) is 4.79 Å². The Labute approximate surface area is 133 Å². The number of aromatic nitrogens is 4. The first-order valence-corrected chi connectivity index (χ1v) is 7.04. The maximum Gasteiger partial charge on any atom is 0.297 e. The summed E-state index contributed by atoms with van der Waals surface area (Å²) < 4.78 is 13.7. The minimum atomic E-state index is -0.480. The highest BCUT2D eigenvalue weighted by atomic mass is 79.9. The topological polar surface area (TPSA) is 72.7 Å². The number of carbonyl (C=O) groups is 1. The van der Waals surface area contributed by atoms with Gasteiger partial charge in [0.25, 0.3) is 11.7 Å². The zero-order valence-electron chi connectivity index (χ0n) is 11.1. The molecule has 22 heavy (non-hydrogen) atoms. The van der Waals surface area contributed by atoms with Crippen molar-refractivity contribution >= 4 is 27.5 Å². The lowest BCUT2D eigenvalue weighted by Gasteiger charge is -2.02. The van der Waals surface area contributed by atoms with Crippen LogP contribution in [0.3, 0.4) is 0 Å². The molecule has 0 saturated carbocycles. The number of hydrogen-bond donors (Lipinski definition) is 1. The van der Waals surface area contributed by atoms with E-state index in [-0.39, 0.29) is 11.6 Å². The zero-order chi connectivity index (χ0) is 15.5. The molecule has 3 rings (SSSR count). The Morgan fingerprint density at radius 3 is 2.68 bits per heavy atom. The molecule has 0 spiro atoms. The smallest absolute Gasteiger partial charge is 0.297 e. The molecule has 3 aromatic rings. The van der Waals surface area contributed by atoms with Crippen LogP contribution in [-0.4, -0.2) is 26.1 Å². The predicted octanol–water partition coefficient (Wildman–Crippen LogP) is 2.82. The molecule has 8 heteroatoms. The average Bonchev–Trinajstić information content (AvgIpc) is 2.98. The number of benzene rings is 2. The van der Waals surface area contributed by atoms with Gasteiger partial charge in [0.05, 0.1) is 5.69 Å². The Balaban J connectivity index is 1.78. The molecule has 1 heterocycles. The molecule has 0 bridgehead atoms. The molecule has 1 N–H and O–H groups in total. The second-order valence-electron chi connectivity index (χ2n) is 4.34. The Bertz CT molecular complexity index is 818. The molecule has 0 aliphatic heterocycles. The first kappa shape index (κ1) is 14.3. The number of rotatable bonds is 3. The standard InChI is InChI=1S/C14H9BrFN5O/c15-9-2-1-3-11(8-9)17-14(22)13-18-20-21(19-13)12-6-4-10(16)5-7-12/h1-8H,(H,17,22). The van der Waals surface area contributed by atoms with Crippen molar-refractivity contribution in [1.29, 1.82) is 0 Å². The van der Waals surface area contributed by atoms with E-state index in [0.29, 0.717) is 11.4 Å². The van der Waals surface area contributed by atoms with Crippen LogP contribution in [0.2, 0.25) is 0 Å². The Morgan fingerprint density at radius 1 is 1.18 bits per heavy atom. The first-order valence-electron chi connectivity index (χ1n) is 6.25. The summed E-state index contributed by atoms with van der Waals surface area (Å²) in [6.07, 6.45) is 0. The number of hydrogen-bond acceptors (Lipinski definition) is 4. The van der Waals surface area contributed by atoms with E-state index in [0.717, 1.165) is 9.27 Å². The second-order valence-corrected chi connectivity index (χ2v) is 5.26. The van der Waals surface area contributed by atoms with Crippen molar-refractivity contribution in [3.8, 4) is 5.69 Å². The fraction of sp³-hybridized carbons (Fsp3) is 0. The lowest BCUT2D eigenvalue weighted by Crippen LogP contribution is -2.14. The summed E-state index contributed by atoms with van der Waals surface area (Å²) in [5, 5.41) is 14.1. The van der Waals surface area contributed by atoms with E-state index in [2.05, 4.69) is 36.7 Å². The number of anilines is 1. The number of carbonyl (C=O) groups excluding carboxylic acids is 1. The van der Waals surface area contributed by atoms with Gasteiger partial charge in [-0.25, -0.2) is 4.39 Å². The van der Waals surface area contributed by atoms with Gasteiger partial charge < -0.3 is 5.32 Å². The highest BCUT2D eigenvalue weighted by molar-refractivity contribution is 9.10. The van der Waals surface area contributed by atoms with Crippen LogP contribution in [0.5, 0.6) is 0 Å². The quantitative estimate of drug-likeness (QED) is 0.778. The molecule has 0 fully saturated rings. The molecule has 0 aliphatic carbocycles. The van der Waals surface area contributed by atoms with Crippen molar-refractivity contribution in [1.82, 2.24) is 20.2 Å². The molecular formula is C14H9BrFN5O. The molecular weight excluding hydrogens is 353 g/mol. The van der Waals surface area contributed by atoms with E-state index in [4.69, 9.17) is 0 Å². The summed E-state index contributed by atoms with van der Waals surface area (Å²) in [5.41, 5.74) is 1.12. The summed E-state index contributed by atoms with van der Waals surface area (Å²) in [6, 6.07) is 12.7. The van der Waals surface area contributed by atoms with Crippen molar-refractivity contribution in [2.24, 2.45) is 0 Å². The SMILES string of the molecule is O=C(Nc1cccc(Br)c1)c1nnn(-c2ccc(F)cc2)n1. The van der Waals surface area contributed by atoms with Crippen LogP contribution in [0.4, 0.5) is 10.1 Å². The highest BCUT2D eigenvalue weighted by Crippen LogP contribution is 2.16. The molecule has 6 nitrogen and oxygen atoms in total. The maximum atomic E-state index is 12.9. The van der Waals surface area contributed by atoms with Crippen molar-refractivity contribution in [2.75, 3.05) is 5.32 Å². The van der Waals surface area contributed by atoms with E-state index >= 15 is 0 Å². The maximum absolute atomic E-state index is 12.9. The third-order valence-corrected chi connectivity index (χ3v) is 3.25. The summed E-state index contributed by atoms with van der Waals surface area (Å²) in [4.78, 5) is 13.2. The summed E-state index contributed by atoms with van der Waals surface area (Å²) >= 11 is 3.32. The minimum absolute atomic E-state index is 0.0794. The Hall–Kier alpha value is -2.61. The van der Waals surface area contributed by atoms with Crippen molar-refractivity contribution < 1.29 is 9.18 Å². The van der Waals surface area contributed by atoms with Crippen molar-refractivity contribution in [3.05, 3.63) is 64.6 Å². The van der Waals surface area contributed by atoms with Crippen LogP contribution < -0.4 is 5.32 Å². The predicted molar refractivity (Wildman–Crippen MR) is 81.2 cm³/mol. The van der Waals surface area contributed by atoms with Gasteiger partial charge >= 0.3 is 0 Å². The van der Waals surface area contributed by atoms with Gasteiger partial charge in [-0.1, -0.05) is 22.0 Å². The van der Waals surface area contributed by atoms with Crippen molar-refractivity contribution in [2.45, 2.75) is 0 Å². The van der Waals surface area contributed by atoms with Gasteiger partial charge in [-0.15, -0.1) is 15.0 Å². The van der Waals surface area contributed by atoms with Crippen LogP contribution in [-0.2, 0) is 0 Å². The lowest BCUT2D eigenvalue weighted by atomic mass is 10.3. The molecule has 2 aromatic carbocycles. The fourth-order valence-corrected chi connectivity index (χ4v) is 2.14. The van der Waals surface area contributed by atoms with Gasteiger partial charge in [0.15, 0.2) is 0 Å². The largest absolute Gasteiger partial charge is 0.319 e. The number of tetrazole rings is 1. The lowest BCUT2D eigenvalue weighted by molar-refractivity contribution is 0.101. The molecule has 0 atom stereocenters. The Morgan fingerprint density at radius 2 is 1.95 bits per heavy atom. The molecule has 1 amide bonds. The van der Waals surface area contributed by atoms with Gasteiger partial charge in [-0.05, 0) is 47.7 Å². The molecule has 1 aromatic heterocycles. The zero-order valence-corrected chi connectivity index (χ0v) is 12.7. The van der Waals surface area contributed by atoms with E-state index in [1.54, 1.807) is 18.2 Å². The van der Waals surface area contributed by atoms with Crippen LogP contribution in [0.1, 0.15) is 10.6 Å². The van der Waals surface area contributed by atoms with Crippen LogP contribution in [0.15, 0.2) is 53.0 Å². The number of amides is 1. The van der Waals surface area contributed by atoms with Crippen LogP contribution >= 0.6 is 15.9 Å². The van der Waals surface area contributed by atoms with Crippen molar-refractivity contribution in [3.63, 3.8) is 0 Å². The third-order valence-electron chi connectivity index (χ3n) is 2.76. The average molecular weight is 362 g/mol. The molecule has 0 radical (unpaired) electrons. The van der Waals surface area contributed by atoms with Crippen LogP contribution in [0.25, 0.3) is 5.69 Å². The number of nitrogens with one attached hydrogen (secondary N) is 1. The molecule has 0 aliphatic rings. The second kappa shape index (κ2) is 6.02. The van der Waals surface area contributed by atoms with Gasteiger partial charge in [0, 0.05) is 10.2 Å². The molecule has 0 unspecified atom stereocenters. The number of nitrogens with zero attached hydrogens (tertiary/aromatic N) is 4. The Kier molecular flexibility index (Phi) is 3.92. The van der Waals surface area contributed by atoms with E-state index in [1.807, 2.05) is 6.07 Å². The van der Waals surface area contributed by atoms with Gasteiger partial charge in [0.1, 0.15) is 5.82 Å². The van der Waals surface area contributed by atoms with E-state index in [9.17, 15) is 9.18 Å². The van der Waals surface area contributed by atoms with E-state index in [1.165, 1.54) is 24.3 Å². The summed E-state index contributed by atoms with van der Waals surface area (Å²) in [6.45, 7) is 0. The first-order chi connectivity index (χ1) is 10.6. The molecule has 0 saturated heterocycles. The molecule has 110 valence electrons. The highest BCUT2D eigenvalue weighted by Gasteiger charge is 2.14. The van der Waals surface area contributed by atoms with E-state index < -0.39 is 5.91 Å². The summed E-state index contributed by atoms with van der Waals surface area (Å²) in [7, 11) is 0. The fourth-order valence-electron chi connectivity index (χ4n) is 1.74. The third kappa shape index (κ3) is 3.17. The number of halogens is 2. The summed E-state index contributed by atoms with van der Waals surface area (Å²) in [5.74, 6) is -0.924. The monoisotopic (exact) mass is 361 g/mol. The van der Waals surface area contributed by atoms with Gasteiger partial charge in [0.2, 0.25) is 0 Å². The minimum Gasteiger partial charge on any atom is -0.319 e. The normalized spacial score (nSPS) is 10.5. The van der Waals surface area contributed by atoms with Gasteiger partial charge in [-0.2, -0.15) is 0 Å².